The van der Waals surface area contributed by atoms with Gasteiger partial charge in [-0.3, -0.25) is 0 Å². The molecule has 0 amide bonds. The van der Waals surface area contributed by atoms with Crippen LogP contribution in [0.2, 0.25) is 0 Å². The molecule has 1 aliphatic heterocycles. The zero-order valence-electron chi connectivity index (χ0n) is 10.8. The van der Waals surface area contributed by atoms with Crippen LogP contribution in [0, 0.1) is 5.92 Å². The van der Waals surface area contributed by atoms with Gasteiger partial charge in [-0.15, -0.1) is 0 Å². The van der Waals surface area contributed by atoms with Crippen molar-refractivity contribution in [2.45, 2.75) is 50.3 Å². The lowest BCUT2D eigenvalue weighted by Gasteiger charge is -2.27. The molecule has 0 aromatic heterocycles. The van der Waals surface area contributed by atoms with E-state index in [0.717, 1.165) is 5.92 Å². The second-order valence-electron chi connectivity index (χ2n) is 5.42. The van der Waals surface area contributed by atoms with Crippen LogP contribution in [0.3, 0.4) is 0 Å². The van der Waals surface area contributed by atoms with Gasteiger partial charge in [0.1, 0.15) is 0 Å². The van der Waals surface area contributed by atoms with Crippen molar-refractivity contribution in [1.29, 1.82) is 0 Å². The lowest BCUT2D eigenvalue weighted by Crippen LogP contribution is -2.45. The van der Waals surface area contributed by atoms with Gasteiger partial charge in [-0.2, -0.15) is 0 Å². The minimum Gasteiger partial charge on any atom is -0.389 e. The Balaban J connectivity index is 1.74. The Morgan fingerprint density at radius 1 is 1.35 bits per heavy atom. The third-order valence-corrected chi connectivity index (χ3v) is 4.16. The third kappa shape index (κ3) is 3.65. The van der Waals surface area contributed by atoms with Crippen LogP contribution in [0.5, 0.6) is 0 Å². The van der Waals surface area contributed by atoms with E-state index in [-0.39, 0.29) is 6.10 Å². The molecule has 4 heteroatoms. The van der Waals surface area contributed by atoms with E-state index in [4.69, 9.17) is 4.74 Å². The molecule has 17 heavy (non-hydrogen) atoms. The van der Waals surface area contributed by atoms with E-state index in [1.807, 2.05) is 0 Å². The van der Waals surface area contributed by atoms with Crippen LogP contribution in [0.4, 0.5) is 0 Å². The van der Waals surface area contributed by atoms with Gasteiger partial charge in [0, 0.05) is 25.7 Å². The molecule has 0 bridgehead atoms. The summed E-state index contributed by atoms with van der Waals surface area (Å²) in [6, 6.07) is 1.28. The summed E-state index contributed by atoms with van der Waals surface area (Å²) >= 11 is 0. The van der Waals surface area contributed by atoms with Gasteiger partial charge in [0.15, 0.2) is 0 Å². The fourth-order valence-electron chi connectivity index (χ4n) is 3.34. The molecular formula is C13H26N2O2. The van der Waals surface area contributed by atoms with Crippen LogP contribution in [0.25, 0.3) is 0 Å². The van der Waals surface area contributed by atoms with Crippen molar-refractivity contribution in [3.63, 3.8) is 0 Å². The predicted octanol–water partition coefficient (Wildman–Crippen LogP) is 0.504. The zero-order chi connectivity index (χ0) is 12.1. The van der Waals surface area contributed by atoms with Crippen LogP contribution >= 0.6 is 0 Å². The molecule has 4 nitrogen and oxygen atoms in total. The number of nitrogens with one attached hydrogen (secondary N) is 2. The molecule has 0 aromatic rings. The molecule has 0 radical (unpaired) electrons. The van der Waals surface area contributed by atoms with E-state index in [1.165, 1.54) is 38.6 Å². The number of methoxy groups -OCH3 is 1. The predicted molar refractivity (Wildman–Crippen MR) is 68.0 cm³/mol. The van der Waals surface area contributed by atoms with Crippen LogP contribution < -0.4 is 10.6 Å². The fourth-order valence-corrected chi connectivity index (χ4v) is 3.34. The van der Waals surface area contributed by atoms with Crippen LogP contribution in [-0.2, 0) is 4.74 Å². The van der Waals surface area contributed by atoms with Gasteiger partial charge in [0.05, 0.1) is 12.7 Å². The Kier molecular flexibility index (Phi) is 5.22. The summed E-state index contributed by atoms with van der Waals surface area (Å²) in [5, 5.41) is 16.8. The summed E-state index contributed by atoms with van der Waals surface area (Å²) in [6.45, 7) is 2.26. The van der Waals surface area contributed by atoms with Crippen LogP contribution in [0.1, 0.15) is 32.1 Å². The molecule has 1 heterocycles. The summed E-state index contributed by atoms with van der Waals surface area (Å²) in [6.07, 6.45) is 6.17. The Hall–Kier alpha value is -0.160. The molecule has 2 aliphatic rings. The smallest absolute Gasteiger partial charge is 0.0897 e. The van der Waals surface area contributed by atoms with Crippen LogP contribution in [0.15, 0.2) is 0 Å². The average Bonchev–Trinajstić information content (AvgIpc) is 2.97. The Labute approximate surface area is 104 Å². The molecule has 100 valence electrons. The van der Waals surface area contributed by atoms with Gasteiger partial charge in [0.25, 0.3) is 0 Å². The summed E-state index contributed by atoms with van der Waals surface area (Å²) in [5.74, 6) is 0.757. The lowest BCUT2D eigenvalue weighted by atomic mass is 9.93. The van der Waals surface area contributed by atoms with Crippen LogP contribution in [-0.4, -0.2) is 50.1 Å². The van der Waals surface area contributed by atoms with E-state index in [1.54, 1.807) is 7.11 Å². The van der Waals surface area contributed by atoms with E-state index in [0.29, 0.717) is 25.2 Å². The van der Waals surface area contributed by atoms with Gasteiger partial charge in [-0.05, 0) is 38.1 Å². The summed E-state index contributed by atoms with van der Waals surface area (Å²) in [7, 11) is 1.63. The number of hydrogen-bond acceptors (Lipinski definition) is 4. The van der Waals surface area contributed by atoms with Crippen molar-refractivity contribution in [2.24, 2.45) is 5.92 Å². The minimum atomic E-state index is -0.377. The Bertz CT molecular complexity index is 219. The maximum atomic E-state index is 9.66. The highest BCUT2D eigenvalue weighted by Crippen LogP contribution is 2.31. The quantitative estimate of drug-likeness (QED) is 0.635. The Morgan fingerprint density at radius 3 is 2.94 bits per heavy atom. The SMILES string of the molecule is COCC(O)CNC1CCCC1C1CCCN1. The summed E-state index contributed by atoms with van der Waals surface area (Å²) < 4.78 is 4.94. The molecule has 1 saturated carbocycles. The third-order valence-electron chi connectivity index (χ3n) is 4.16. The highest BCUT2D eigenvalue weighted by molar-refractivity contribution is 4.93. The van der Waals surface area contributed by atoms with E-state index in [9.17, 15) is 5.11 Å². The topological polar surface area (TPSA) is 53.5 Å². The molecule has 4 unspecified atom stereocenters. The zero-order valence-corrected chi connectivity index (χ0v) is 10.8. The average molecular weight is 242 g/mol. The molecule has 1 aliphatic carbocycles. The second kappa shape index (κ2) is 6.69. The van der Waals surface area contributed by atoms with Crippen molar-refractivity contribution in [1.82, 2.24) is 10.6 Å². The van der Waals surface area contributed by atoms with Crippen molar-refractivity contribution in [3.05, 3.63) is 0 Å². The number of hydrogen-bond donors (Lipinski definition) is 3. The first-order valence-electron chi connectivity index (χ1n) is 6.95. The number of rotatable bonds is 6. The largest absolute Gasteiger partial charge is 0.389 e. The van der Waals surface area contributed by atoms with Gasteiger partial charge >= 0.3 is 0 Å². The fraction of sp³-hybridized carbons (Fsp3) is 1.00. The highest BCUT2D eigenvalue weighted by Gasteiger charge is 2.34. The number of aliphatic hydroxyl groups excluding tert-OH is 1. The summed E-state index contributed by atoms with van der Waals surface area (Å²) in [5.41, 5.74) is 0. The van der Waals surface area contributed by atoms with E-state index < -0.39 is 0 Å². The number of ether oxygens (including phenoxy) is 1. The van der Waals surface area contributed by atoms with Gasteiger partial charge in [-0.25, -0.2) is 0 Å². The lowest BCUT2D eigenvalue weighted by molar-refractivity contribution is 0.0613. The first-order chi connectivity index (χ1) is 8.31. The first-order valence-corrected chi connectivity index (χ1v) is 6.95. The van der Waals surface area contributed by atoms with Crippen molar-refractivity contribution >= 4 is 0 Å². The second-order valence-corrected chi connectivity index (χ2v) is 5.42. The molecule has 4 atom stereocenters. The highest BCUT2D eigenvalue weighted by atomic mass is 16.5. The summed E-state index contributed by atoms with van der Waals surface area (Å²) in [4.78, 5) is 0. The minimum absolute atomic E-state index is 0.377. The van der Waals surface area contributed by atoms with Crippen molar-refractivity contribution < 1.29 is 9.84 Å². The maximum Gasteiger partial charge on any atom is 0.0897 e. The van der Waals surface area contributed by atoms with Gasteiger partial charge in [-0.1, -0.05) is 6.42 Å². The normalized spacial score (nSPS) is 35.3. The maximum absolute atomic E-state index is 9.66. The molecule has 1 saturated heterocycles. The van der Waals surface area contributed by atoms with Crippen molar-refractivity contribution in [2.75, 3.05) is 26.8 Å². The number of aliphatic hydroxyl groups is 1. The molecular weight excluding hydrogens is 216 g/mol. The molecule has 0 aromatic carbocycles. The Morgan fingerprint density at radius 2 is 2.24 bits per heavy atom. The van der Waals surface area contributed by atoms with Gasteiger partial charge < -0.3 is 20.5 Å². The monoisotopic (exact) mass is 242 g/mol. The molecule has 3 N–H and O–H groups in total. The molecule has 2 fully saturated rings. The van der Waals surface area contributed by atoms with Crippen molar-refractivity contribution in [3.8, 4) is 0 Å². The molecule has 2 rings (SSSR count). The molecule has 0 spiro atoms. The first kappa shape index (κ1) is 13.3. The van der Waals surface area contributed by atoms with Gasteiger partial charge in [0.2, 0.25) is 0 Å². The van der Waals surface area contributed by atoms with E-state index >= 15 is 0 Å². The van der Waals surface area contributed by atoms with E-state index in [2.05, 4.69) is 10.6 Å². The standard InChI is InChI=1S/C13H26N2O2/c1-17-9-10(16)8-15-13-5-2-4-11(13)12-6-3-7-14-12/h10-16H,2-9H2,1H3.